The van der Waals surface area contributed by atoms with Gasteiger partial charge in [0.25, 0.3) is 0 Å². The van der Waals surface area contributed by atoms with E-state index in [4.69, 9.17) is 5.11 Å². The van der Waals surface area contributed by atoms with Crippen LogP contribution in [0.5, 0.6) is 0 Å². The molecule has 3 aliphatic rings. The van der Waals surface area contributed by atoms with Gasteiger partial charge < -0.3 is 15.7 Å². The predicted molar refractivity (Wildman–Crippen MR) is 65.0 cm³/mol. The van der Waals surface area contributed by atoms with Gasteiger partial charge in [0.2, 0.25) is 0 Å². The van der Waals surface area contributed by atoms with Crippen LogP contribution in [0, 0.1) is 23.7 Å². The summed E-state index contributed by atoms with van der Waals surface area (Å²) >= 11 is 0. The molecule has 0 aromatic heterocycles. The van der Waals surface area contributed by atoms with Crippen molar-refractivity contribution in [2.75, 3.05) is 0 Å². The molecule has 3 aliphatic carbocycles. The van der Waals surface area contributed by atoms with E-state index < -0.39 is 12.0 Å². The van der Waals surface area contributed by atoms with Crippen LogP contribution in [0.4, 0.5) is 4.79 Å². The monoisotopic (exact) mass is 252 g/mol. The highest BCUT2D eigenvalue weighted by Crippen LogP contribution is 2.65. The van der Waals surface area contributed by atoms with E-state index in [2.05, 4.69) is 10.6 Å². The lowest BCUT2D eigenvalue weighted by Gasteiger charge is -2.15. The van der Waals surface area contributed by atoms with E-state index in [-0.39, 0.29) is 6.03 Å². The van der Waals surface area contributed by atoms with Crippen molar-refractivity contribution in [3.8, 4) is 0 Å². The number of nitrogens with one attached hydrogen (secondary N) is 2. The summed E-state index contributed by atoms with van der Waals surface area (Å²) in [4.78, 5) is 22.6. The molecule has 100 valence electrons. The van der Waals surface area contributed by atoms with Crippen LogP contribution in [0.1, 0.15) is 32.6 Å². The van der Waals surface area contributed by atoms with E-state index in [9.17, 15) is 9.59 Å². The normalized spacial score (nSPS) is 41.1. The van der Waals surface area contributed by atoms with Gasteiger partial charge in [-0.15, -0.1) is 0 Å². The van der Waals surface area contributed by atoms with Crippen LogP contribution in [0.25, 0.3) is 0 Å². The minimum atomic E-state index is -0.969. The van der Waals surface area contributed by atoms with E-state index in [0.717, 1.165) is 11.8 Å². The van der Waals surface area contributed by atoms with Crippen molar-refractivity contribution in [2.24, 2.45) is 23.7 Å². The van der Waals surface area contributed by atoms with Crippen LogP contribution in [-0.4, -0.2) is 29.2 Å². The van der Waals surface area contributed by atoms with Gasteiger partial charge in [0.05, 0.1) is 0 Å². The van der Waals surface area contributed by atoms with Crippen molar-refractivity contribution in [2.45, 2.75) is 44.7 Å². The topological polar surface area (TPSA) is 78.4 Å². The predicted octanol–water partition coefficient (Wildman–Crippen LogP) is 1.19. The van der Waals surface area contributed by atoms with Gasteiger partial charge in [0.1, 0.15) is 6.04 Å². The highest BCUT2D eigenvalue weighted by Gasteiger charge is 2.65. The molecular formula is C13H20N2O3. The molecule has 5 nitrogen and oxygen atoms in total. The lowest BCUT2D eigenvalue weighted by atomic mass is 10.0. The first-order valence-electron chi connectivity index (χ1n) is 6.91. The zero-order valence-electron chi connectivity index (χ0n) is 10.6. The zero-order valence-corrected chi connectivity index (χ0v) is 10.6. The van der Waals surface area contributed by atoms with Gasteiger partial charge in [-0.1, -0.05) is 6.92 Å². The second kappa shape index (κ2) is 4.14. The molecule has 3 saturated carbocycles. The summed E-state index contributed by atoms with van der Waals surface area (Å²) in [5.74, 6) is 2.01. The number of aliphatic carboxylic acids is 1. The van der Waals surface area contributed by atoms with Crippen molar-refractivity contribution in [1.29, 1.82) is 0 Å². The number of rotatable bonds is 4. The molecule has 0 radical (unpaired) electrons. The summed E-state index contributed by atoms with van der Waals surface area (Å²) in [5, 5.41) is 14.4. The fraction of sp³-hybridized carbons (Fsp3) is 0.846. The Kier molecular flexibility index (Phi) is 2.72. The molecule has 3 fully saturated rings. The number of fused-ring (bicyclic) bond motifs is 5. The first-order valence-corrected chi connectivity index (χ1v) is 6.91. The number of carboxylic acid groups (broad SMARTS) is 1. The summed E-state index contributed by atoms with van der Waals surface area (Å²) in [6.07, 6.45) is 4.39. The molecule has 5 heteroatoms. The van der Waals surface area contributed by atoms with Crippen molar-refractivity contribution in [3.05, 3.63) is 0 Å². The van der Waals surface area contributed by atoms with Crippen LogP contribution in [0.2, 0.25) is 0 Å². The Morgan fingerprint density at radius 1 is 1.28 bits per heavy atom. The maximum atomic E-state index is 11.7. The van der Waals surface area contributed by atoms with Crippen LogP contribution >= 0.6 is 0 Å². The van der Waals surface area contributed by atoms with Crippen molar-refractivity contribution >= 4 is 12.0 Å². The second-order valence-corrected chi connectivity index (χ2v) is 5.93. The van der Waals surface area contributed by atoms with Gasteiger partial charge in [-0.2, -0.15) is 0 Å². The number of carbonyl (C=O) groups excluding carboxylic acids is 1. The highest BCUT2D eigenvalue weighted by molar-refractivity contribution is 5.82. The van der Waals surface area contributed by atoms with Gasteiger partial charge in [-0.25, -0.2) is 9.59 Å². The molecule has 2 bridgehead atoms. The molecule has 3 rings (SSSR count). The van der Waals surface area contributed by atoms with Crippen molar-refractivity contribution < 1.29 is 14.7 Å². The third kappa shape index (κ3) is 1.76. The summed E-state index contributed by atoms with van der Waals surface area (Å²) < 4.78 is 0. The number of carbonyl (C=O) groups is 2. The number of hydrogen-bond acceptors (Lipinski definition) is 2. The van der Waals surface area contributed by atoms with Gasteiger partial charge in [0.15, 0.2) is 0 Å². The number of hydrogen-bond donors (Lipinski definition) is 3. The zero-order chi connectivity index (χ0) is 12.9. The SMILES string of the molecule is CC[C@H](NC(=O)NC1C2C3CCC(C3)C12)C(=O)O. The minimum Gasteiger partial charge on any atom is -0.480 e. The Balaban J connectivity index is 1.50. The molecule has 4 unspecified atom stereocenters. The van der Waals surface area contributed by atoms with E-state index in [1.165, 1.54) is 19.3 Å². The Hall–Kier alpha value is -1.26. The van der Waals surface area contributed by atoms with E-state index in [1.807, 2.05) is 0 Å². The van der Waals surface area contributed by atoms with E-state index in [0.29, 0.717) is 24.3 Å². The fourth-order valence-electron chi connectivity index (χ4n) is 4.21. The molecule has 0 spiro atoms. The van der Waals surface area contributed by atoms with Crippen LogP contribution in [0.3, 0.4) is 0 Å². The summed E-state index contributed by atoms with van der Waals surface area (Å²) in [6, 6.07) is -0.786. The van der Waals surface area contributed by atoms with E-state index >= 15 is 0 Å². The average molecular weight is 252 g/mol. The Labute approximate surface area is 106 Å². The third-order valence-electron chi connectivity index (χ3n) is 5.04. The first-order chi connectivity index (χ1) is 8.61. The smallest absolute Gasteiger partial charge is 0.326 e. The largest absolute Gasteiger partial charge is 0.480 e. The van der Waals surface area contributed by atoms with Crippen LogP contribution in [-0.2, 0) is 4.79 Å². The maximum absolute atomic E-state index is 11.7. The second-order valence-electron chi connectivity index (χ2n) is 5.93. The molecule has 18 heavy (non-hydrogen) atoms. The van der Waals surface area contributed by atoms with Crippen molar-refractivity contribution in [1.82, 2.24) is 10.6 Å². The van der Waals surface area contributed by atoms with Crippen molar-refractivity contribution in [3.63, 3.8) is 0 Å². The lowest BCUT2D eigenvalue weighted by molar-refractivity contribution is -0.139. The lowest BCUT2D eigenvalue weighted by Crippen LogP contribution is -2.47. The molecule has 0 saturated heterocycles. The van der Waals surface area contributed by atoms with Crippen LogP contribution < -0.4 is 10.6 Å². The molecule has 2 amide bonds. The van der Waals surface area contributed by atoms with E-state index in [1.54, 1.807) is 6.92 Å². The molecule has 0 aromatic rings. The van der Waals surface area contributed by atoms with Gasteiger partial charge in [0, 0.05) is 6.04 Å². The molecular weight excluding hydrogens is 232 g/mol. The maximum Gasteiger partial charge on any atom is 0.326 e. The molecule has 0 aromatic carbocycles. The summed E-state index contributed by atoms with van der Waals surface area (Å²) in [5.41, 5.74) is 0. The van der Waals surface area contributed by atoms with Gasteiger partial charge >= 0.3 is 12.0 Å². The fourth-order valence-corrected chi connectivity index (χ4v) is 4.21. The standard InChI is InChI=1S/C13H20N2O3/c1-2-8(12(16)17)14-13(18)15-11-9-6-3-4-7(5-6)10(9)11/h6-11H,2-5H2,1H3,(H,16,17)(H2,14,15,18)/t6?,7?,8-,9?,10?,11?/m0/s1. The Bertz CT molecular complexity index is 368. The average Bonchev–Trinajstić information content (AvgIpc) is 2.74. The Morgan fingerprint density at radius 3 is 2.39 bits per heavy atom. The van der Waals surface area contributed by atoms with Crippen LogP contribution in [0.15, 0.2) is 0 Å². The summed E-state index contributed by atoms with van der Waals surface area (Å²) in [7, 11) is 0. The summed E-state index contributed by atoms with van der Waals surface area (Å²) in [6.45, 7) is 1.76. The minimum absolute atomic E-state index is 0.308. The molecule has 3 N–H and O–H groups in total. The van der Waals surface area contributed by atoms with Gasteiger partial charge in [-0.05, 0) is 49.4 Å². The number of amides is 2. The highest BCUT2D eigenvalue weighted by atomic mass is 16.4. The molecule has 5 atom stereocenters. The quantitative estimate of drug-likeness (QED) is 0.703. The number of carboxylic acids is 1. The Morgan fingerprint density at radius 2 is 1.89 bits per heavy atom. The third-order valence-corrected chi connectivity index (χ3v) is 5.04. The molecule has 0 aliphatic heterocycles. The first kappa shape index (κ1) is 11.8. The number of urea groups is 1. The van der Waals surface area contributed by atoms with Gasteiger partial charge in [-0.3, -0.25) is 0 Å². The molecule has 0 heterocycles.